The van der Waals surface area contributed by atoms with Gasteiger partial charge in [-0.15, -0.1) is 0 Å². The van der Waals surface area contributed by atoms with E-state index in [1.165, 1.54) is 5.56 Å². The fourth-order valence-electron chi connectivity index (χ4n) is 3.36. The molecule has 0 spiro atoms. The molecule has 27 heavy (non-hydrogen) atoms. The van der Waals surface area contributed by atoms with Gasteiger partial charge in [-0.1, -0.05) is 48.5 Å². The van der Waals surface area contributed by atoms with Crippen LogP contribution < -0.4 is 10.6 Å². The standard InChI is InChI=1S/C22H27N3O2/c26-22(27)15-19(14-18-16-25-21-9-5-4-8-20(18)21)24-13-12-23-11-10-17-6-2-1-3-7-17/h1-9,16,19,23-25H,10-15H2,(H,26,27)/t19-/m1/s1. The van der Waals surface area contributed by atoms with Crippen molar-refractivity contribution in [2.45, 2.75) is 25.3 Å². The molecule has 1 heterocycles. The van der Waals surface area contributed by atoms with Gasteiger partial charge in [-0.05, 0) is 36.6 Å². The molecule has 0 aliphatic heterocycles. The molecule has 1 atom stereocenters. The van der Waals surface area contributed by atoms with E-state index in [2.05, 4.69) is 45.9 Å². The summed E-state index contributed by atoms with van der Waals surface area (Å²) in [4.78, 5) is 14.5. The molecular formula is C22H27N3O2. The summed E-state index contributed by atoms with van der Waals surface area (Å²) < 4.78 is 0. The summed E-state index contributed by atoms with van der Waals surface area (Å²) in [6.07, 6.45) is 3.79. The first-order chi connectivity index (χ1) is 13.2. The highest BCUT2D eigenvalue weighted by atomic mass is 16.4. The molecule has 5 nitrogen and oxygen atoms in total. The third-order valence-electron chi connectivity index (χ3n) is 4.73. The lowest BCUT2D eigenvalue weighted by atomic mass is 10.0. The quantitative estimate of drug-likeness (QED) is 0.394. The van der Waals surface area contributed by atoms with Crippen LogP contribution in [-0.2, 0) is 17.6 Å². The Bertz CT molecular complexity index is 845. The van der Waals surface area contributed by atoms with E-state index in [4.69, 9.17) is 0 Å². The maximum absolute atomic E-state index is 11.2. The number of rotatable bonds is 11. The lowest BCUT2D eigenvalue weighted by molar-refractivity contribution is -0.137. The number of carboxylic acid groups (broad SMARTS) is 1. The van der Waals surface area contributed by atoms with Gasteiger partial charge in [-0.3, -0.25) is 4.79 Å². The zero-order valence-corrected chi connectivity index (χ0v) is 15.4. The normalized spacial score (nSPS) is 12.3. The van der Waals surface area contributed by atoms with Crippen molar-refractivity contribution in [2.75, 3.05) is 19.6 Å². The monoisotopic (exact) mass is 365 g/mol. The number of aliphatic carboxylic acids is 1. The largest absolute Gasteiger partial charge is 0.481 e. The summed E-state index contributed by atoms with van der Waals surface area (Å²) in [6.45, 7) is 2.48. The number of hydrogen-bond donors (Lipinski definition) is 4. The Hall–Kier alpha value is -2.63. The second-order valence-corrected chi connectivity index (χ2v) is 6.80. The number of carboxylic acids is 1. The highest BCUT2D eigenvalue weighted by molar-refractivity contribution is 5.83. The predicted octanol–water partition coefficient (Wildman–Crippen LogP) is 2.98. The van der Waals surface area contributed by atoms with Crippen LogP contribution in [0.3, 0.4) is 0 Å². The van der Waals surface area contributed by atoms with Crippen LogP contribution in [0.15, 0.2) is 60.8 Å². The summed E-state index contributed by atoms with van der Waals surface area (Å²) in [7, 11) is 0. The Labute approximate surface area is 159 Å². The second kappa shape index (κ2) is 9.90. The van der Waals surface area contributed by atoms with Crippen LogP contribution in [0.25, 0.3) is 10.9 Å². The van der Waals surface area contributed by atoms with E-state index in [0.29, 0.717) is 6.42 Å². The number of hydrogen-bond acceptors (Lipinski definition) is 3. The van der Waals surface area contributed by atoms with Crippen molar-refractivity contribution in [1.82, 2.24) is 15.6 Å². The molecule has 0 unspecified atom stereocenters. The first kappa shape index (κ1) is 19.1. The zero-order valence-electron chi connectivity index (χ0n) is 15.4. The van der Waals surface area contributed by atoms with Crippen molar-refractivity contribution in [1.29, 1.82) is 0 Å². The van der Waals surface area contributed by atoms with Gasteiger partial charge in [-0.2, -0.15) is 0 Å². The predicted molar refractivity (Wildman–Crippen MR) is 109 cm³/mol. The number of para-hydroxylation sites is 1. The van der Waals surface area contributed by atoms with E-state index in [1.807, 2.05) is 30.5 Å². The van der Waals surface area contributed by atoms with Crippen molar-refractivity contribution in [3.63, 3.8) is 0 Å². The van der Waals surface area contributed by atoms with Crippen molar-refractivity contribution in [3.8, 4) is 0 Å². The molecule has 3 rings (SSSR count). The van der Waals surface area contributed by atoms with Crippen molar-refractivity contribution >= 4 is 16.9 Å². The molecule has 142 valence electrons. The zero-order chi connectivity index (χ0) is 18.9. The number of nitrogens with one attached hydrogen (secondary N) is 3. The minimum Gasteiger partial charge on any atom is -0.481 e. The van der Waals surface area contributed by atoms with Crippen LogP contribution in [-0.4, -0.2) is 41.7 Å². The number of benzene rings is 2. The molecule has 0 bridgehead atoms. The number of H-pyrrole nitrogens is 1. The SMILES string of the molecule is O=C(O)C[C@@H](Cc1c[nH]c2ccccc12)NCCNCCc1ccccc1. The molecule has 0 aliphatic carbocycles. The Balaban J connectivity index is 1.45. The molecule has 0 radical (unpaired) electrons. The Morgan fingerprint density at radius 1 is 1.00 bits per heavy atom. The Morgan fingerprint density at radius 2 is 1.78 bits per heavy atom. The van der Waals surface area contributed by atoms with Crippen LogP contribution >= 0.6 is 0 Å². The van der Waals surface area contributed by atoms with Gasteiger partial charge in [0.2, 0.25) is 0 Å². The lowest BCUT2D eigenvalue weighted by Crippen LogP contribution is -2.38. The number of aromatic amines is 1. The summed E-state index contributed by atoms with van der Waals surface area (Å²) in [5, 5.41) is 17.2. The molecule has 0 saturated carbocycles. The van der Waals surface area contributed by atoms with Gasteiger partial charge in [0.25, 0.3) is 0 Å². The molecule has 0 amide bonds. The van der Waals surface area contributed by atoms with E-state index >= 15 is 0 Å². The smallest absolute Gasteiger partial charge is 0.304 e. The lowest BCUT2D eigenvalue weighted by Gasteiger charge is -2.17. The average Bonchev–Trinajstić information content (AvgIpc) is 3.08. The molecule has 2 aromatic carbocycles. The van der Waals surface area contributed by atoms with E-state index in [9.17, 15) is 9.90 Å². The van der Waals surface area contributed by atoms with E-state index < -0.39 is 5.97 Å². The number of fused-ring (bicyclic) bond motifs is 1. The van der Waals surface area contributed by atoms with Gasteiger partial charge in [0.05, 0.1) is 6.42 Å². The first-order valence-corrected chi connectivity index (χ1v) is 9.47. The number of carbonyl (C=O) groups is 1. The maximum Gasteiger partial charge on any atom is 0.304 e. The third-order valence-corrected chi connectivity index (χ3v) is 4.73. The molecule has 4 N–H and O–H groups in total. The Kier molecular flexibility index (Phi) is 7.02. The van der Waals surface area contributed by atoms with Crippen LogP contribution in [0.5, 0.6) is 0 Å². The van der Waals surface area contributed by atoms with E-state index in [1.54, 1.807) is 0 Å². The van der Waals surface area contributed by atoms with Gasteiger partial charge in [-0.25, -0.2) is 0 Å². The minimum absolute atomic E-state index is 0.0855. The summed E-state index contributed by atoms with van der Waals surface area (Å²) in [5.41, 5.74) is 3.56. The van der Waals surface area contributed by atoms with Gasteiger partial charge < -0.3 is 20.7 Å². The Morgan fingerprint density at radius 3 is 2.59 bits per heavy atom. The molecule has 0 aliphatic rings. The summed E-state index contributed by atoms with van der Waals surface area (Å²) >= 11 is 0. The molecule has 5 heteroatoms. The molecule has 0 fully saturated rings. The van der Waals surface area contributed by atoms with Gasteiger partial charge >= 0.3 is 5.97 Å². The number of aromatic nitrogens is 1. The van der Waals surface area contributed by atoms with Crippen molar-refractivity contribution < 1.29 is 9.90 Å². The second-order valence-electron chi connectivity index (χ2n) is 6.80. The summed E-state index contributed by atoms with van der Waals surface area (Å²) in [6, 6.07) is 18.4. The highest BCUT2D eigenvalue weighted by Crippen LogP contribution is 2.19. The molecular weight excluding hydrogens is 338 g/mol. The van der Waals surface area contributed by atoms with E-state index in [-0.39, 0.29) is 12.5 Å². The fourth-order valence-corrected chi connectivity index (χ4v) is 3.36. The molecule has 3 aromatic rings. The van der Waals surface area contributed by atoms with Crippen LogP contribution in [0.2, 0.25) is 0 Å². The van der Waals surface area contributed by atoms with Crippen molar-refractivity contribution in [2.24, 2.45) is 0 Å². The summed E-state index contributed by atoms with van der Waals surface area (Å²) in [5.74, 6) is -0.774. The van der Waals surface area contributed by atoms with Crippen LogP contribution in [0, 0.1) is 0 Å². The highest BCUT2D eigenvalue weighted by Gasteiger charge is 2.15. The van der Waals surface area contributed by atoms with E-state index in [0.717, 1.165) is 42.5 Å². The van der Waals surface area contributed by atoms with Gasteiger partial charge in [0.1, 0.15) is 0 Å². The third kappa shape index (κ3) is 5.94. The van der Waals surface area contributed by atoms with Crippen LogP contribution in [0.4, 0.5) is 0 Å². The topological polar surface area (TPSA) is 77.1 Å². The fraction of sp³-hybridized carbons (Fsp3) is 0.318. The van der Waals surface area contributed by atoms with Crippen LogP contribution in [0.1, 0.15) is 17.5 Å². The molecule has 1 aromatic heterocycles. The first-order valence-electron chi connectivity index (χ1n) is 9.47. The van der Waals surface area contributed by atoms with Gasteiger partial charge in [0.15, 0.2) is 0 Å². The van der Waals surface area contributed by atoms with Crippen molar-refractivity contribution in [3.05, 3.63) is 71.9 Å². The van der Waals surface area contributed by atoms with Gasteiger partial charge in [0, 0.05) is 36.2 Å². The minimum atomic E-state index is -0.774. The maximum atomic E-state index is 11.2. The average molecular weight is 365 g/mol. The molecule has 0 saturated heterocycles.